The van der Waals surface area contributed by atoms with E-state index in [-0.39, 0.29) is 6.61 Å². The molecule has 1 aliphatic heterocycles. The summed E-state index contributed by atoms with van der Waals surface area (Å²) in [6.07, 6.45) is 0. The van der Waals surface area contributed by atoms with Crippen LogP contribution in [0, 0.1) is 0 Å². The second-order valence-electron chi connectivity index (χ2n) is 7.24. The van der Waals surface area contributed by atoms with Crippen molar-refractivity contribution in [1.82, 2.24) is 4.90 Å². The van der Waals surface area contributed by atoms with E-state index in [1.807, 2.05) is 67.3 Å². The van der Waals surface area contributed by atoms with E-state index in [0.717, 1.165) is 11.3 Å². The lowest BCUT2D eigenvalue weighted by Crippen LogP contribution is -2.35. The molecule has 0 aliphatic carbocycles. The maximum Gasteiger partial charge on any atom is 0.336 e. The van der Waals surface area contributed by atoms with Crippen molar-refractivity contribution in [2.75, 3.05) is 13.7 Å². The van der Waals surface area contributed by atoms with Crippen LogP contribution < -0.4 is 0 Å². The second kappa shape index (κ2) is 9.84. The van der Waals surface area contributed by atoms with Crippen molar-refractivity contribution in [2.45, 2.75) is 33.2 Å². The van der Waals surface area contributed by atoms with Gasteiger partial charge in [-0.05, 0) is 38.0 Å². The van der Waals surface area contributed by atoms with Crippen LogP contribution in [0.15, 0.2) is 77.1 Å². The molecule has 1 aliphatic rings. The molecule has 5 nitrogen and oxygen atoms in total. The van der Waals surface area contributed by atoms with E-state index in [9.17, 15) is 9.59 Å². The standard InChI is InChI=1S/C25H26ClNO4/c1-5-31-25(29)22-17(3)27(15-18-11-7-6-8-12-18)16(2)21(24(28)30-4)23(22)19-13-9-10-14-20(19)26/h6-14,23H,5,15H2,1-4H3. The Kier molecular flexibility index (Phi) is 7.18. The van der Waals surface area contributed by atoms with Gasteiger partial charge in [0.25, 0.3) is 0 Å². The van der Waals surface area contributed by atoms with E-state index in [1.54, 1.807) is 13.0 Å². The zero-order valence-corrected chi connectivity index (χ0v) is 18.9. The number of nitrogens with zero attached hydrogens (tertiary/aromatic N) is 1. The Morgan fingerprint density at radius 1 is 0.935 bits per heavy atom. The van der Waals surface area contributed by atoms with Crippen molar-refractivity contribution in [3.8, 4) is 0 Å². The quantitative estimate of drug-likeness (QED) is 0.577. The van der Waals surface area contributed by atoms with Gasteiger partial charge in [-0.2, -0.15) is 0 Å². The number of halogens is 1. The van der Waals surface area contributed by atoms with Gasteiger partial charge in [0.15, 0.2) is 0 Å². The van der Waals surface area contributed by atoms with E-state index in [4.69, 9.17) is 21.1 Å². The van der Waals surface area contributed by atoms with E-state index >= 15 is 0 Å². The summed E-state index contributed by atoms with van der Waals surface area (Å²) < 4.78 is 10.5. The summed E-state index contributed by atoms with van der Waals surface area (Å²) in [5.41, 5.74) is 3.90. The SMILES string of the molecule is CCOC(=O)C1=C(C)N(Cc2ccccc2)C(C)=C(C(=O)OC)C1c1ccccc1Cl. The molecule has 0 aromatic heterocycles. The lowest BCUT2D eigenvalue weighted by atomic mass is 9.79. The van der Waals surface area contributed by atoms with Crippen LogP contribution in [0.5, 0.6) is 0 Å². The minimum Gasteiger partial charge on any atom is -0.466 e. The molecule has 0 amide bonds. The number of carbonyl (C=O) groups excluding carboxylic acids is 2. The number of ether oxygens (including phenoxy) is 2. The van der Waals surface area contributed by atoms with Gasteiger partial charge < -0.3 is 14.4 Å². The molecule has 1 atom stereocenters. The minimum atomic E-state index is -0.688. The molecular weight excluding hydrogens is 414 g/mol. The lowest BCUT2D eigenvalue weighted by Gasteiger charge is -2.38. The summed E-state index contributed by atoms with van der Waals surface area (Å²) in [5, 5.41) is 0.466. The van der Waals surface area contributed by atoms with Crippen molar-refractivity contribution in [1.29, 1.82) is 0 Å². The van der Waals surface area contributed by atoms with Crippen LogP contribution in [-0.4, -0.2) is 30.6 Å². The summed E-state index contributed by atoms with van der Waals surface area (Å²) in [5.74, 6) is -1.67. The van der Waals surface area contributed by atoms with E-state index in [1.165, 1.54) is 7.11 Å². The topological polar surface area (TPSA) is 55.8 Å². The smallest absolute Gasteiger partial charge is 0.336 e. The fraction of sp³-hybridized carbons (Fsp3) is 0.280. The van der Waals surface area contributed by atoms with Crippen molar-refractivity contribution in [3.05, 3.63) is 93.3 Å². The van der Waals surface area contributed by atoms with Crippen LogP contribution in [0.2, 0.25) is 5.02 Å². The fourth-order valence-electron chi connectivity index (χ4n) is 3.98. The third-order valence-electron chi connectivity index (χ3n) is 5.47. The third-order valence-corrected chi connectivity index (χ3v) is 5.81. The van der Waals surface area contributed by atoms with Gasteiger partial charge in [-0.25, -0.2) is 9.59 Å². The largest absolute Gasteiger partial charge is 0.466 e. The first-order valence-electron chi connectivity index (χ1n) is 10.1. The summed E-state index contributed by atoms with van der Waals surface area (Å²) in [6.45, 7) is 6.21. The maximum absolute atomic E-state index is 13.1. The summed E-state index contributed by atoms with van der Waals surface area (Å²) in [6, 6.07) is 17.1. The maximum atomic E-state index is 13.1. The Morgan fingerprint density at radius 2 is 1.52 bits per heavy atom. The number of carbonyl (C=O) groups is 2. The molecule has 0 spiro atoms. The van der Waals surface area contributed by atoms with Crippen LogP contribution in [0.4, 0.5) is 0 Å². The molecule has 1 heterocycles. The molecule has 31 heavy (non-hydrogen) atoms. The van der Waals surface area contributed by atoms with Gasteiger partial charge >= 0.3 is 11.9 Å². The lowest BCUT2D eigenvalue weighted by molar-refractivity contribution is -0.139. The van der Waals surface area contributed by atoms with Crippen molar-refractivity contribution < 1.29 is 19.1 Å². The number of allylic oxidation sites excluding steroid dienone is 2. The zero-order chi connectivity index (χ0) is 22.5. The zero-order valence-electron chi connectivity index (χ0n) is 18.1. The van der Waals surface area contributed by atoms with Crippen LogP contribution in [0.1, 0.15) is 37.8 Å². The number of methoxy groups -OCH3 is 1. The Labute approximate surface area is 187 Å². The van der Waals surface area contributed by atoms with Gasteiger partial charge in [-0.15, -0.1) is 0 Å². The average molecular weight is 440 g/mol. The van der Waals surface area contributed by atoms with E-state index in [0.29, 0.717) is 34.0 Å². The molecule has 0 saturated carbocycles. The number of esters is 2. The van der Waals surface area contributed by atoms with Gasteiger partial charge in [0.2, 0.25) is 0 Å². The molecule has 0 fully saturated rings. The number of benzene rings is 2. The summed E-state index contributed by atoms with van der Waals surface area (Å²) >= 11 is 6.52. The molecule has 3 rings (SSSR count). The Hall–Kier alpha value is -3.05. The minimum absolute atomic E-state index is 0.222. The highest BCUT2D eigenvalue weighted by molar-refractivity contribution is 6.31. The van der Waals surface area contributed by atoms with E-state index < -0.39 is 17.9 Å². The van der Waals surface area contributed by atoms with Gasteiger partial charge in [-0.3, -0.25) is 0 Å². The Morgan fingerprint density at radius 3 is 2.10 bits per heavy atom. The summed E-state index contributed by atoms with van der Waals surface area (Å²) in [4.78, 5) is 28.1. The average Bonchev–Trinajstić information content (AvgIpc) is 2.77. The first kappa shape index (κ1) is 22.6. The normalized spacial score (nSPS) is 16.4. The van der Waals surface area contributed by atoms with Crippen LogP contribution in [0.25, 0.3) is 0 Å². The molecule has 0 bridgehead atoms. The van der Waals surface area contributed by atoms with Gasteiger partial charge in [-0.1, -0.05) is 60.1 Å². The molecule has 0 saturated heterocycles. The third kappa shape index (κ3) is 4.52. The van der Waals surface area contributed by atoms with Crippen LogP contribution in [0.3, 0.4) is 0 Å². The van der Waals surface area contributed by atoms with Crippen LogP contribution >= 0.6 is 11.6 Å². The molecule has 162 valence electrons. The van der Waals surface area contributed by atoms with Crippen molar-refractivity contribution >= 4 is 23.5 Å². The highest BCUT2D eigenvalue weighted by Crippen LogP contribution is 2.45. The summed E-state index contributed by atoms with van der Waals surface area (Å²) in [7, 11) is 1.34. The fourth-order valence-corrected chi connectivity index (χ4v) is 4.22. The highest BCUT2D eigenvalue weighted by atomic mass is 35.5. The second-order valence-corrected chi connectivity index (χ2v) is 7.64. The molecule has 6 heteroatoms. The van der Waals surface area contributed by atoms with Crippen LogP contribution in [-0.2, 0) is 25.6 Å². The highest BCUT2D eigenvalue weighted by Gasteiger charge is 2.41. The number of hydrogen-bond donors (Lipinski definition) is 0. The molecular formula is C25H26ClNO4. The van der Waals surface area contributed by atoms with Crippen molar-refractivity contribution in [2.24, 2.45) is 0 Å². The van der Waals surface area contributed by atoms with Gasteiger partial charge in [0, 0.05) is 23.0 Å². The molecule has 1 unspecified atom stereocenters. The molecule has 0 N–H and O–H groups in total. The monoisotopic (exact) mass is 439 g/mol. The number of rotatable bonds is 6. The van der Waals surface area contributed by atoms with Gasteiger partial charge in [0.05, 0.1) is 30.8 Å². The Bertz CT molecular complexity index is 1040. The molecule has 2 aromatic carbocycles. The first-order chi connectivity index (χ1) is 14.9. The predicted octanol–water partition coefficient (Wildman–Crippen LogP) is 5.22. The first-order valence-corrected chi connectivity index (χ1v) is 10.5. The van der Waals surface area contributed by atoms with E-state index in [2.05, 4.69) is 0 Å². The predicted molar refractivity (Wildman–Crippen MR) is 120 cm³/mol. The molecule has 2 aromatic rings. The molecule has 0 radical (unpaired) electrons. The Balaban J connectivity index is 2.25. The van der Waals surface area contributed by atoms with Gasteiger partial charge in [0.1, 0.15) is 0 Å². The van der Waals surface area contributed by atoms with Crippen molar-refractivity contribution in [3.63, 3.8) is 0 Å². The number of hydrogen-bond acceptors (Lipinski definition) is 5.